The normalized spacial score (nSPS) is 15.1. The Balaban J connectivity index is 0. The van der Waals surface area contributed by atoms with Crippen LogP contribution >= 0.6 is 0 Å². The van der Waals surface area contributed by atoms with E-state index in [1.807, 2.05) is 0 Å². The third-order valence-electron chi connectivity index (χ3n) is 1.24. The Kier molecular flexibility index (Phi) is 7.58. The average molecular weight is 222 g/mol. The minimum Gasteiger partial charge on any atom is -0.248 e. The number of rotatable bonds is 2. The van der Waals surface area contributed by atoms with Crippen LogP contribution in [0, 0.1) is 5.92 Å². The van der Waals surface area contributed by atoms with E-state index < -0.39 is 30.8 Å². The molecule has 0 saturated heterocycles. The van der Waals surface area contributed by atoms with Gasteiger partial charge in [-0.1, -0.05) is 6.92 Å². The van der Waals surface area contributed by atoms with Crippen molar-refractivity contribution in [2.75, 3.05) is 0 Å². The molecule has 86 valence electrons. The second-order valence-corrected chi connectivity index (χ2v) is 2.80. The van der Waals surface area contributed by atoms with Crippen molar-refractivity contribution in [3.8, 4) is 0 Å². The van der Waals surface area contributed by atoms with E-state index in [1.165, 1.54) is 0 Å². The Morgan fingerprint density at radius 1 is 1.21 bits per heavy atom. The SMILES string of the molecule is C=C(F)F.CC(F)CC(C)C(F)(F)F. The van der Waals surface area contributed by atoms with Gasteiger partial charge in [-0.25, -0.2) is 4.39 Å². The highest BCUT2D eigenvalue weighted by Gasteiger charge is 2.36. The van der Waals surface area contributed by atoms with Crippen LogP contribution in [0.4, 0.5) is 26.3 Å². The lowest BCUT2D eigenvalue weighted by atomic mass is 10.1. The quantitative estimate of drug-likeness (QED) is 0.610. The van der Waals surface area contributed by atoms with Crippen molar-refractivity contribution in [1.82, 2.24) is 0 Å². The molecule has 2 unspecified atom stereocenters. The lowest BCUT2D eigenvalue weighted by molar-refractivity contribution is -0.174. The van der Waals surface area contributed by atoms with Crippen LogP contribution in [0.5, 0.6) is 0 Å². The van der Waals surface area contributed by atoms with E-state index in [1.54, 1.807) is 0 Å². The summed E-state index contributed by atoms with van der Waals surface area (Å²) >= 11 is 0. The highest BCUT2D eigenvalue weighted by Crippen LogP contribution is 2.29. The molecule has 14 heavy (non-hydrogen) atoms. The predicted octanol–water partition coefficient (Wildman–Crippen LogP) is 4.33. The first kappa shape index (κ1) is 15.8. The summed E-state index contributed by atoms with van der Waals surface area (Å²) in [5, 5.41) is 0. The maximum absolute atomic E-state index is 12.0. The van der Waals surface area contributed by atoms with Gasteiger partial charge in [0, 0.05) is 0 Å². The second-order valence-electron chi connectivity index (χ2n) is 2.80. The fourth-order valence-corrected chi connectivity index (χ4v) is 0.621. The van der Waals surface area contributed by atoms with Gasteiger partial charge in [-0.3, -0.25) is 0 Å². The van der Waals surface area contributed by atoms with E-state index >= 15 is 0 Å². The second kappa shape index (κ2) is 6.73. The van der Waals surface area contributed by atoms with Crippen LogP contribution in [0.2, 0.25) is 0 Å². The van der Waals surface area contributed by atoms with Gasteiger partial charge in [-0.2, -0.15) is 22.0 Å². The van der Waals surface area contributed by atoms with Gasteiger partial charge in [-0.05, 0) is 19.9 Å². The first-order valence-corrected chi connectivity index (χ1v) is 3.78. The van der Waals surface area contributed by atoms with Crippen molar-refractivity contribution in [2.24, 2.45) is 5.92 Å². The molecule has 0 saturated carbocycles. The molecule has 2 atom stereocenters. The van der Waals surface area contributed by atoms with Crippen molar-refractivity contribution < 1.29 is 26.3 Å². The molecule has 0 fully saturated rings. The average Bonchev–Trinajstić information content (AvgIpc) is 1.81. The minimum absolute atomic E-state index is 0.441. The topological polar surface area (TPSA) is 0 Å². The first-order chi connectivity index (χ1) is 6.07. The van der Waals surface area contributed by atoms with E-state index in [-0.39, 0.29) is 0 Å². The van der Waals surface area contributed by atoms with E-state index in [4.69, 9.17) is 0 Å². The summed E-state index contributed by atoms with van der Waals surface area (Å²) in [4.78, 5) is 0. The third kappa shape index (κ3) is 13.9. The summed E-state index contributed by atoms with van der Waals surface area (Å²) in [6.07, 6.45) is -7.90. The monoisotopic (exact) mass is 222 g/mol. The number of alkyl halides is 4. The van der Waals surface area contributed by atoms with Gasteiger partial charge in [0.05, 0.1) is 12.1 Å². The van der Waals surface area contributed by atoms with Crippen molar-refractivity contribution in [1.29, 1.82) is 0 Å². The zero-order valence-electron chi connectivity index (χ0n) is 7.84. The van der Waals surface area contributed by atoms with Crippen LogP contribution in [0.15, 0.2) is 12.7 Å². The van der Waals surface area contributed by atoms with Crippen LogP contribution in [0.25, 0.3) is 0 Å². The Bertz CT molecular complexity index is 156. The van der Waals surface area contributed by atoms with Gasteiger partial charge in [0.2, 0.25) is 0 Å². The molecular formula is C8H12F6. The van der Waals surface area contributed by atoms with Gasteiger partial charge >= 0.3 is 6.18 Å². The van der Waals surface area contributed by atoms with E-state index in [2.05, 4.69) is 6.58 Å². The largest absolute Gasteiger partial charge is 0.391 e. The lowest BCUT2D eigenvalue weighted by Crippen LogP contribution is -2.22. The van der Waals surface area contributed by atoms with E-state index in [9.17, 15) is 26.3 Å². The molecular weight excluding hydrogens is 210 g/mol. The molecule has 0 aliphatic rings. The molecule has 0 heterocycles. The van der Waals surface area contributed by atoms with Crippen LogP contribution in [0.1, 0.15) is 20.3 Å². The molecule has 0 N–H and O–H groups in total. The molecule has 0 rings (SSSR count). The summed E-state index contributed by atoms with van der Waals surface area (Å²) in [6, 6.07) is 0. The Hall–Kier alpha value is -0.680. The van der Waals surface area contributed by atoms with Crippen LogP contribution in [-0.2, 0) is 0 Å². The van der Waals surface area contributed by atoms with E-state index in [0.29, 0.717) is 0 Å². The molecule has 0 amide bonds. The molecule has 0 aromatic carbocycles. The van der Waals surface area contributed by atoms with Gasteiger partial charge in [0.15, 0.2) is 0 Å². The van der Waals surface area contributed by atoms with Crippen molar-refractivity contribution in [3.05, 3.63) is 12.7 Å². The predicted molar refractivity (Wildman–Crippen MR) is 41.8 cm³/mol. The molecule has 0 bridgehead atoms. The van der Waals surface area contributed by atoms with Crippen molar-refractivity contribution in [2.45, 2.75) is 32.6 Å². The van der Waals surface area contributed by atoms with Gasteiger partial charge < -0.3 is 0 Å². The van der Waals surface area contributed by atoms with Gasteiger partial charge in [-0.15, -0.1) is 0 Å². The molecule has 0 nitrogen and oxygen atoms in total. The Labute approximate surface area is 78.6 Å². The first-order valence-electron chi connectivity index (χ1n) is 3.78. The summed E-state index contributed by atoms with van der Waals surface area (Å²) in [5.41, 5.74) is 0. The fourth-order valence-electron chi connectivity index (χ4n) is 0.621. The zero-order valence-corrected chi connectivity index (χ0v) is 7.84. The minimum atomic E-state index is -4.25. The third-order valence-corrected chi connectivity index (χ3v) is 1.24. The van der Waals surface area contributed by atoms with Crippen molar-refractivity contribution in [3.63, 3.8) is 0 Å². The summed E-state index contributed by atoms with van der Waals surface area (Å²) in [7, 11) is 0. The smallest absolute Gasteiger partial charge is 0.248 e. The summed E-state index contributed by atoms with van der Waals surface area (Å²) in [6.45, 7) is 4.33. The van der Waals surface area contributed by atoms with Gasteiger partial charge in [0.1, 0.15) is 0 Å². The maximum Gasteiger partial charge on any atom is 0.391 e. The van der Waals surface area contributed by atoms with Crippen LogP contribution < -0.4 is 0 Å². The molecule has 6 heteroatoms. The molecule has 0 aromatic rings. The highest BCUT2D eigenvalue weighted by atomic mass is 19.4. The van der Waals surface area contributed by atoms with Crippen LogP contribution in [-0.4, -0.2) is 12.3 Å². The van der Waals surface area contributed by atoms with Gasteiger partial charge in [0.25, 0.3) is 6.08 Å². The molecule has 0 radical (unpaired) electrons. The Morgan fingerprint density at radius 3 is 1.57 bits per heavy atom. The highest BCUT2D eigenvalue weighted by molar-refractivity contribution is 4.64. The van der Waals surface area contributed by atoms with E-state index in [0.717, 1.165) is 13.8 Å². The Morgan fingerprint density at radius 2 is 1.50 bits per heavy atom. The fraction of sp³-hybridized carbons (Fsp3) is 0.750. The molecule has 0 aliphatic carbocycles. The molecule has 0 aliphatic heterocycles. The lowest BCUT2D eigenvalue weighted by Gasteiger charge is -2.15. The van der Waals surface area contributed by atoms with Crippen molar-refractivity contribution >= 4 is 0 Å². The number of hydrogen-bond donors (Lipinski definition) is 0. The number of halogens is 6. The summed E-state index contributed by atoms with van der Waals surface area (Å²) in [5.74, 6) is -1.53. The summed E-state index contributed by atoms with van der Waals surface area (Å²) < 4.78 is 67.2. The number of hydrogen-bond acceptors (Lipinski definition) is 0. The zero-order chi connectivity index (χ0) is 11.9. The molecule has 0 spiro atoms. The standard InChI is InChI=1S/C6H10F4.C2H2F2/c1-4(3-5(2)7)6(8,9)10;1-2(3)4/h4-5H,3H2,1-2H3;1H2. The molecule has 0 aromatic heterocycles. The van der Waals surface area contributed by atoms with Crippen LogP contribution in [0.3, 0.4) is 0 Å². The maximum atomic E-state index is 12.0.